The molecule has 0 saturated heterocycles. The van der Waals surface area contributed by atoms with Crippen LogP contribution in [-0.2, 0) is 4.79 Å². The van der Waals surface area contributed by atoms with Crippen LogP contribution in [0.1, 0.15) is 19.3 Å². The van der Waals surface area contributed by atoms with Crippen molar-refractivity contribution in [3.8, 4) is 5.75 Å². The van der Waals surface area contributed by atoms with Crippen molar-refractivity contribution in [3.63, 3.8) is 0 Å². The quantitative estimate of drug-likeness (QED) is 0.591. The first-order valence-electron chi connectivity index (χ1n) is 5.51. The summed E-state index contributed by atoms with van der Waals surface area (Å²) in [6.45, 7) is 0. The van der Waals surface area contributed by atoms with E-state index in [0.717, 1.165) is 19.3 Å². The number of aromatic hydroxyl groups is 1. The Morgan fingerprint density at radius 1 is 1.31 bits per heavy atom. The van der Waals surface area contributed by atoms with Gasteiger partial charge in [-0.3, -0.25) is 4.79 Å². The predicted molar refractivity (Wildman–Crippen MR) is 63.2 cm³/mol. The lowest BCUT2D eigenvalue weighted by atomic mass is 9.93. The molecule has 1 aliphatic rings. The van der Waals surface area contributed by atoms with Gasteiger partial charge in [0.15, 0.2) is 0 Å². The molecule has 1 amide bonds. The number of carbonyl (C=O) groups is 1. The highest BCUT2D eigenvalue weighted by molar-refractivity contribution is 5.94. The standard InChI is InChI=1S/C13H15NO2/c15-12-9-5-4-8-11(12)14-13(16)10-6-2-1-3-7-10/h1-2,4-5,8-10,15H,3,6-7H2,(H,14,16). The second-order valence-corrected chi connectivity index (χ2v) is 3.99. The van der Waals surface area contributed by atoms with Gasteiger partial charge in [-0.15, -0.1) is 0 Å². The Kier molecular flexibility index (Phi) is 3.25. The summed E-state index contributed by atoms with van der Waals surface area (Å²) in [7, 11) is 0. The Morgan fingerprint density at radius 2 is 2.12 bits per heavy atom. The molecule has 2 N–H and O–H groups in total. The number of nitrogens with one attached hydrogen (secondary N) is 1. The molecule has 0 aromatic heterocycles. The van der Waals surface area contributed by atoms with Crippen molar-refractivity contribution in [2.45, 2.75) is 19.3 Å². The first-order valence-corrected chi connectivity index (χ1v) is 5.51. The molecule has 3 nitrogen and oxygen atoms in total. The summed E-state index contributed by atoms with van der Waals surface area (Å²) < 4.78 is 0. The lowest BCUT2D eigenvalue weighted by Crippen LogP contribution is -2.23. The van der Waals surface area contributed by atoms with Crippen LogP contribution < -0.4 is 5.32 Å². The van der Waals surface area contributed by atoms with Gasteiger partial charge in [-0.2, -0.15) is 0 Å². The van der Waals surface area contributed by atoms with Crippen LogP contribution in [0.15, 0.2) is 36.4 Å². The predicted octanol–water partition coefficient (Wildman–Crippen LogP) is 2.69. The molecule has 1 aromatic carbocycles. The first kappa shape index (κ1) is 10.7. The number of phenols is 1. The minimum atomic E-state index is -0.00847. The van der Waals surface area contributed by atoms with E-state index in [-0.39, 0.29) is 17.6 Å². The molecule has 84 valence electrons. The summed E-state index contributed by atoms with van der Waals surface area (Å²) in [5.74, 6) is 0.137. The third-order valence-corrected chi connectivity index (χ3v) is 2.80. The number of amides is 1. The largest absolute Gasteiger partial charge is 0.506 e. The highest BCUT2D eigenvalue weighted by Gasteiger charge is 2.19. The van der Waals surface area contributed by atoms with Crippen LogP contribution in [0.5, 0.6) is 5.75 Å². The number of allylic oxidation sites excluding steroid dienone is 2. The Morgan fingerprint density at radius 3 is 2.81 bits per heavy atom. The van der Waals surface area contributed by atoms with Crippen LogP contribution in [0, 0.1) is 5.92 Å². The summed E-state index contributed by atoms with van der Waals surface area (Å²) in [5.41, 5.74) is 0.488. The monoisotopic (exact) mass is 217 g/mol. The Balaban J connectivity index is 2.02. The topological polar surface area (TPSA) is 49.3 Å². The van der Waals surface area contributed by atoms with Crippen molar-refractivity contribution in [2.24, 2.45) is 5.92 Å². The van der Waals surface area contributed by atoms with E-state index in [2.05, 4.69) is 11.4 Å². The number of carbonyl (C=O) groups excluding carboxylic acids is 1. The third kappa shape index (κ3) is 2.42. The number of hydrogen-bond acceptors (Lipinski definition) is 2. The molecule has 1 aliphatic carbocycles. The summed E-state index contributed by atoms with van der Waals surface area (Å²) in [6.07, 6.45) is 6.77. The van der Waals surface area contributed by atoms with Gasteiger partial charge in [-0.05, 0) is 31.4 Å². The molecule has 0 radical (unpaired) electrons. The molecule has 0 fully saturated rings. The number of anilines is 1. The molecular formula is C13H15NO2. The maximum Gasteiger partial charge on any atom is 0.227 e. The van der Waals surface area contributed by atoms with Gasteiger partial charge in [0.05, 0.1) is 5.69 Å². The second-order valence-electron chi connectivity index (χ2n) is 3.99. The van der Waals surface area contributed by atoms with Gasteiger partial charge in [0.2, 0.25) is 5.91 Å². The zero-order valence-electron chi connectivity index (χ0n) is 9.02. The van der Waals surface area contributed by atoms with Gasteiger partial charge < -0.3 is 10.4 Å². The molecule has 2 rings (SSSR count). The van der Waals surface area contributed by atoms with Gasteiger partial charge >= 0.3 is 0 Å². The van der Waals surface area contributed by atoms with Crippen molar-refractivity contribution in [3.05, 3.63) is 36.4 Å². The van der Waals surface area contributed by atoms with Gasteiger partial charge in [0.1, 0.15) is 5.75 Å². The maximum atomic E-state index is 11.9. The lowest BCUT2D eigenvalue weighted by molar-refractivity contribution is -0.120. The van der Waals surface area contributed by atoms with E-state index in [0.29, 0.717) is 5.69 Å². The second kappa shape index (κ2) is 4.84. The van der Waals surface area contributed by atoms with E-state index in [4.69, 9.17) is 0 Å². The van der Waals surface area contributed by atoms with Crippen LogP contribution in [0.2, 0.25) is 0 Å². The van der Waals surface area contributed by atoms with Crippen molar-refractivity contribution in [1.82, 2.24) is 0 Å². The van der Waals surface area contributed by atoms with Gasteiger partial charge in [-0.1, -0.05) is 24.3 Å². The SMILES string of the molecule is O=C(Nc1ccccc1O)C1CC=CCC1. The fourth-order valence-corrected chi connectivity index (χ4v) is 1.85. The minimum absolute atomic E-state index is 0.00847. The van der Waals surface area contributed by atoms with Crippen molar-refractivity contribution < 1.29 is 9.90 Å². The van der Waals surface area contributed by atoms with E-state index in [9.17, 15) is 9.90 Å². The Bertz CT molecular complexity index is 412. The normalized spacial score (nSPS) is 19.4. The van der Waals surface area contributed by atoms with Gasteiger partial charge in [-0.25, -0.2) is 0 Å². The lowest BCUT2D eigenvalue weighted by Gasteiger charge is -2.17. The average Bonchev–Trinajstić information content (AvgIpc) is 2.33. The number of hydrogen-bond donors (Lipinski definition) is 2. The van der Waals surface area contributed by atoms with Crippen LogP contribution in [0.4, 0.5) is 5.69 Å². The molecule has 1 unspecified atom stereocenters. The van der Waals surface area contributed by atoms with Crippen LogP contribution >= 0.6 is 0 Å². The molecule has 0 spiro atoms. The van der Waals surface area contributed by atoms with Gasteiger partial charge in [0.25, 0.3) is 0 Å². The number of rotatable bonds is 2. The number of para-hydroxylation sites is 2. The molecule has 16 heavy (non-hydrogen) atoms. The fraction of sp³-hybridized carbons (Fsp3) is 0.308. The first-order chi connectivity index (χ1) is 7.77. The molecule has 1 aromatic rings. The molecule has 3 heteroatoms. The average molecular weight is 217 g/mol. The molecule has 0 bridgehead atoms. The van der Waals surface area contributed by atoms with Crippen molar-refractivity contribution in [1.29, 1.82) is 0 Å². The van der Waals surface area contributed by atoms with E-state index >= 15 is 0 Å². The summed E-state index contributed by atoms with van der Waals surface area (Å²) in [6, 6.07) is 6.78. The zero-order chi connectivity index (χ0) is 11.4. The molecular weight excluding hydrogens is 202 g/mol. The fourth-order valence-electron chi connectivity index (χ4n) is 1.85. The molecule has 1 atom stereocenters. The van der Waals surface area contributed by atoms with Crippen LogP contribution in [0.25, 0.3) is 0 Å². The number of benzene rings is 1. The van der Waals surface area contributed by atoms with E-state index in [1.165, 1.54) is 0 Å². The van der Waals surface area contributed by atoms with Crippen molar-refractivity contribution >= 4 is 11.6 Å². The van der Waals surface area contributed by atoms with Gasteiger partial charge in [0, 0.05) is 5.92 Å². The van der Waals surface area contributed by atoms with Crippen molar-refractivity contribution in [2.75, 3.05) is 5.32 Å². The smallest absolute Gasteiger partial charge is 0.227 e. The number of phenolic OH excluding ortho intramolecular Hbond substituents is 1. The summed E-state index contributed by atoms with van der Waals surface area (Å²) in [5, 5.41) is 12.3. The highest BCUT2D eigenvalue weighted by atomic mass is 16.3. The summed E-state index contributed by atoms with van der Waals surface area (Å²) >= 11 is 0. The maximum absolute atomic E-state index is 11.9. The minimum Gasteiger partial charge on any atom is -0.506 e. The Hall–Kier alpha value is -1.77. The molecule has 0 saturated carbocycles. The zero-order valence-corrected chi connectivity index (χ0v) is 9.02. The van der Waals surface area contributed by atoms with E-state index < -0.39 is 0 Å². The third-order valence-electron chi connectivity index (χ3n) is 2.80. The highest BCUT2D eigenvalue weighted by Crippen LogP contribution is 2.24. The Labute approximate surface area is 94.8 Å². The molecule has 0 heterocycles. The molecule has 0 aliphatic heterocycles. The van der Waals surface area contributed by atoms with E-state index in [1.807, 2.05) is 6.08 Å². The summed E-state index contributed by atoms with van der Waals surface area (Å²) in [4.78, 5) is 11.9. The van der Waals surface area contributed by atoms with E-state index in [1.54, 1.807) is 24.3 Å². The van der Waals surface area contributed by atoms with Crippen LogP contribution in [-0.4, -0.2) is 11.0 Å². The van der Waals surface area contributed by atoms with Crippen LogP contribution in [0.3, 0.4) is 0 Å².